The van der Waals surface area contributed by atoms with Gasteiger partial charge in [-0.1, -0.05) is 148 Å². The summed E-state index contributed by atoms with van der Waals surface area (Å²) in [4.78, 5) is 0. The van der Waals surface area contributed by atoms with Crippen molar-refractivity contribution in [3.8, 4) is 6.07 Å². The summed E-state index contributed by atoms with van der Waals surface area (Å²) in [7, 11) is 0. The van der Waals surface area contributed by atoms with Crippen LogP contribution in [-0.4, -0.2) is 0 Å². The molecule has 0 saturated heterocycles. The van der Waals surface area contributed by atoms with Crippen LogP contribution in [0.15, 0.2) is 90.6 Å². The Bertz CT molecular complexity index is 1060. The Balaban J connectivity index is -0.000000542. The summed E-state index contributed by atoms with van der Waals surface area (Å²) < 4.78 is 12.5. The van der Waals surface area contributed by atoms with Gasteiger partial charge in [0, 0.05) is 0 Å². The molecule has 0 aliphatic carbocycles. The number of allylic oxidation sites excluding steroid dienone is 6. The molecule has 2 aromatic rings. The fourth-order valence-corrected chi connectivity index (χ4v) is 2.85. The fourth-order valence-electron chi connectivity index (χ4n) is 2.85. The van der Waals surface area contributed by atoms with Crippen LogP contribution in [-0.2, 0) is 6.42 Å². The van der Waals surface area contributed by atoms with Gasteiger partial charge in [0.25, 0.3) is 0 Å². The molecule has 0 heterocycles. The number of nitriles is 1. The Morgan fingerprint density at radius 2 is 1.38 bits per heavy atom. The lowest BCUT2D eigenvalue weighted by atomic mass is 9.94. The maximum atomic E-state index is 12.5. The molecule has 0 aromatic heterocycles. The lowest BCUT2D eigenvalue weighted by Crippen LogP contribution is -2.00. The van der Waals surface area contributed by atoms with E-state index in [-0.39, 0.29) is 5.82 Å². The second-order valence-electron chi connectivity index (χ2n) is 10.6. The largest absolute Gasteiger partial charge is 0.207 e. The Morgan fingerprint density at radius 1 is 0.875 bits per heavy atom. The van der Waals surface area contributed by atoms with Gasteiger partial charge in [-0.25, -0.2) is 4.39 Å². The molecule has 2 heteroatoms. The zero-order valence-electron chi connectivity index (χ0n) is 27.8. The van der Waals surface area contributed by atoms with Crippen molar-refractivity contribution in [1.82, 2.24) is 0 Å². The molecule has 1 nitrogen and oxygen atoms in total. The highest BCUT2D eigenvalue weighted by Crippen LogP contribution is 2.21. The first-order chi connectivity index (χ1) is 18.8. The summed E-state index contributed by atoms with van der Waals surface area (Å²) in [5, 5.41) is 9.10. The van der Waals surface area contributed by atoms with Crippen molar-refractivity contribution >= 4 is 5.57 Å². The SMILES string of the molecule is C=C(C)C(=C/C=C(\C)c1ccccc1C#N)C(=C)C.CC.CCC.CCC(C)(C)C.CCCc1cccc(F)c1. The molecule has 0 aliphatic rings. The van der Waals surface area contributed by atoms with Gasteiger partial charge in [-0.3, -0.25) is 0 Å². The van der Waals surface area contributed by atoms with Crippen LogP contribution < -0.4 is 0 Å². The van der Waals surface area contributed by atoms with Gasteiger partial charge in [0.2, 0.25) is 0 Å². The zero-order valence-corrected chi connectivity index (χ0v) is 27.8. The minimum atomic E-state index is -0.133. The van der Waals surface area contributed by atoms with Gasteiger partial charge in [-0.15, -0.1) is 0 Å². The topological polar surface area (TPSA) is 23.8 Å². The maximum Gasteiger partial charge on any atom is 0.123 e. The van der Waals surface area contributed by atoms with Crippen molar-refractivity contribution in [2.75, 3.05) is 0 Å². The average molecular weight is 548 g/mol. The molecule has 2 rings (SSSR count). The monoisotopic (exact) mass is 547 g/mol. The highest BCUT2D eigenvalue weighted by molar-refractivity contribution is 5.70. The Hall–Kier alpha value is -3.18. The first kappa shape index (κ1) is 41.3. The van der Waals surface area contributed by atoms with E-state index in [0.717, 1.165) is 46.3 Å². The number of rotatable bonds is 6. The van der Waals surface area contributed by atoms with E-state index >= 15 is 0 Å². The van der Waals surface area contributed by atoms with Gasteiger partial charge < -0.3 is 0 Å². The molecule has 0 N–H and O–H groups in total. The van der Waals surface area contributed by atoms with Crippen LogP contribution in [0, 0.1) is 22.6 Å². The summed E-state index contributed by atoms with van der Waals surface area (Å²) in [6, 6.07) is 16.6. The number of halogens is 1. The van der Waals surface area contributed by atoms with Crippen molar-refractivity contribution in [2.24, 2.45) is 5.41 Å². The molecule has 40 heavy (non-hydrogen) atoms. The van der Waals surface area contributed by atoms with Crippen LogP contribution >= 0.6 is 0 Å². The van der Waals surface area contributed by atoms with Crippen LogP contribution in [0.2, 0.25) is 0 Å². The summed E-state index contributed by atoms with van der Waals surface area (Å²) >= 11 is 0. The van der Waals surface area contributed by atoms with Crippen molar-refractivity contribution in [3.63, 3.8) is 0 Å². The summed E-state index contributed by atoms with van der Waals surface area (Å²) in [5.41, 5.74) is 7.37. The first-order valence-corrected chi connectivity index (χ1v) is 14.7. The van der Waals surface area contributed by atoms with E-state index in [4.69, 9.17) is 5.26 Å². The van der Waals surface area contributed by atoms with Crippen molar-refractivity contribution in [3.05, 3.63) is 113 Å². The van der Waals surface area contributed by atoms with E-state index < -0.39 is 0 Å². The first-order valence-electron chi connectivity index (χ1n) is 14.7. The van der Waals surface area contributed by atoms with E-state index in [0.29, 0.717) is 11.0 Å². The number of hydrogen-bond acceptors (Lipinski definition) is 1. The van der Waals surface area contributed by atoms with Crippen LogP contribution in [0.5, 0.6) is 0 Å². The van der Waals surface area contributed by atoms with E-state index in [1.165, 1.54) is 18.9 Å². The van der Waals surface area contributed by atoms with E-state index in [9.17, 15) is 4.39 Å². The molecule has 222 valence electrons. The van der Waals surface area contributed by atoms with Crippen molar-refractivity contribution < 1.29 is 4.39 Å². The molecular formula is C38H58FN. The van der Waals surface area contributed by atoms with E-state index in [1.807, 2.05) is 77.1 Å². The minimum Gasteiger partial charge on any atom is -0.207 e. The van der Waals surface area contributed by atoms with Crippen molar-refractivity contribution in [1.29, 1.82) is 5.26 Å². The molecule has 0 fully saturated rings. The Morgan fingerprint density at radius 3 is 1.77 bits per heavy atom. The minimum absolute atomic E-state index is 0.133. The predicted octanol–water partition coefficient (Wildman–Crippen LogP) is 12.7. The summed E-state index contributed by atoms with van der Waals surface area (Å²) in [5.74, 6) is -0.133. The van der Waals surface area contributed by atoms with Gasteiger partial charge in [-0.2, -0.15) is 5.26 Å². The van der Waals surface area contributed by atoms with Crippen LogP contribution in [0.3, 0.4) is 0 Å². The summed E-state index contributed by atoms with van der Waals surface area (Å²) in [6.45, 7) is 33.1. The molecule has 0 unspecified atom stereocenters. The number of benzene rings is 2. The molecular weight excluding hydrogens is 489 g/mol. The quantitative estimate of drug-likeness (QED) is 0.330. The van der Waals surface area contributed by atoms with Crippen LogP contribution in [0.4, 0.5) is 4.39 Å². The molecule has 0 amide bonds. The van der Waals surface area contributed by atoms with E-state index in [1.54, 1.807) is 12.1 Å². The molecule has 0 spiro atoms. The highest BCUT2D eigenvalue weighted by atomic mass is 19.1. The predicted molar refractivity (Wildman–Crippen MR) is 180 cm³/mol. The van der Waals surface area contributed by atoms with E-state index in [2.05, 4.69) is 67.7 Å². The lowest BCUT2D eigenvalue weighted by molar-refractivity contribution is 0.398. The number of aryl methyl sites for hydroxylation is 1. The second-order valence-corrected chi connectivity index (χ2v) is 10.6. The van der Waals surface area contributed by atoms with Crippen molar-refractivity contribution in [2.45, 2.75) is 109 Å². The van der Waals surface area contributed by atoms with Gasteiger partial charge in [0.1, 0.15) is 5.82 Å². The smallest absolute Gasteiger partial charge is 0.123 e. The lowest BCUT2D eigenvalue weighted by Gasteiger charge is -2.12. The Labute approximate surface area is 248 Å². The third kappa shape index (κ3) is 21.7. The normalized spacial score (nSPS) is 9.85. The molecule has 0 aliphatic heterocycles. The molecule has 0 radical (unpaired) electrons. The molecule has 0 atom stereocenters. The summed E-state index contributed by atoms with van der Waals surface area (Å²) in [6.07, 6.45) is 8.58. The third-order valence-corrected chi connectivity index (χ3v) is 5.38. The molecule has 0 saturated carbocycles. The second kappa shape index (κ2) is 24.8. The number of nitrogens with zero attached hydrogens (tertiary/aromatic N) is 1. The third-order valence-electron chi connectivity index (χ3n) is 5.38. The van der Waals surface area contributed by atoms with Gasteiger partial charge in [-0.05, 0) is 73.1 Å². The van der Waals surface area contributed by atoms with Gasteiger partial charge in [0.05, 0.1) is 11.6 Å². The van der Waals surface area contributed by atoms with Crippen LogP contribution in [0.25, 0.3) is 5.57 Å². The van der Waals surface area contributed by atoms with Crippen LogP contribution in [0.1, 0.15) is 119 Å². The van der Waals surface area contributed by atoms with Gasteiger partial charge >= 0.3 is 0 Å². The number of hydrogen-bond donors (Lipinski definition) is 0. The standard InChI is InChI=1S/C18H19N.C9H11F.C6H14.C3H8.C2H6/c1-13(2)17(14(3)4)11-10-15(5)18-9-7-6-8-16(18)12-19;1-2-4-8-5-3-6-9(10)7-8;1-5-6(2,3)4;1-3-2;1-2/h6-11H,1,3H2,2,4-5H3;3,5-7H,2,4H2,1H3;5H2,1-4H3;3H2,1-2H3;1-2H3/b15-10+;;;;. The Kier molecular flexibility index (Phi) is 25.6. The fraction of sp³-hybridized carbons (Fsp3) is 0.447. The molecule has 0 bridgehead atoms. The van der Waals surface area contributed by atoms with Gasteiger partial charge in [0.15, 0.2) is 0 Å². The average Bonchev–Trinajstić information content (AvgIpc) is 2.90. The maximum absolute atomic E-state index is 12.5. The zero-order chi connectivity index (χ0) is 31.7. The molecule has 2 aromatic carbocycles. The highest BCUT2D eigenvalue weighted by Gasteiger charge is 2.04.